The molecule has 0 fully saturated rings. The van der Waals surface area contributed by atoms with E-state index in [2.05, 4.69) is 24.5 Å². The largest absolute Gasteiger partial charge is 0.465 e. The first kappa shape index (κ1) is 20.9. The van der Waals surface area contributed by atoms with Gasteiger partial charge in [0.2, 0.25) is 5.89 Å². The zero-order chi connectivity index (χ0) is 23.1. The standard InChI is InChI=1S/C26H24N4O3/c1-5-21-28-22-15(2)13-16(3)27-24(22)30(21)14-17-9-8-12-20-23(17)29-25(33-20)18-10-6-7-11-19(18)26(31)32-4/h6-13H,5,14H2,1-4H3. The summed E-state index contributed by atoms with van der Waals surface area (Å²) < 4.78 is 13.2. The van der Waals surface area contributed by atoms with Gasteiger partial charge in [-0.25, -0.2) is 19.7 Å². The van der Waals surface area contributed by atoms with Gasteiger partial charge < -0.3 is 13.7 Å². The summed E-state index contributed by atoms with van der Waals surface area (Å²) in [5.74, 6) is 0.930. The third-order valence-electron chi connectivity index (χ3n) is 5.81. The van der Waals surface area contributed by atoms with Gasteiger partial charge in [0.1, 0.15) is 16.9 Å². The van der Waals surface area contributed by atoms with Gasteiger partial charge in [-0.1, -0.05) is 31.2 Å². The zero-order valence-electron chi connectivity index (χ0n) is 19.0. The summed E-state index contributed by atoms with van der Waals surface area (Å²) >= 11 is 0. The number of pyridine rings is 1. The van der Waals surface area contributed by atoms with E-state index in [1.165, 1.54) is 7.11 Å². The molecule has 7 heteroatoms. The number of esters is 1. The van der Waals surface area contributed by atoms with Gasteiger partial charge >= 0.3 is 5.97 Å². The highest BCUT2D eigenvalue weighted by Gasteiger charge is 2.20. The number of aromatic nitrogens is 4. The van der Waals surface area contributed by atoms with Crippen LogP contribution < -0.4 is 0 Å². The van der Waals surface area contributed by atoms with Crippen molar-refractivity contribution in [3.8, 4) is 11.5 Å². The molecule has 0 bridgehead atoms. The van der Waals surface area contributed by atoms with E-state index >= 15 is 0 Å². The molecule has 0 unspecified atom stereocenters. The number of nitrogens with zero attached hydrogens (tertiary/aromatic N) is 4. The monoisotopic (exact) mass is 440 g/mol. The Bertz CT molecular complexity index is 1510. The molecule has 0 aliphatic heterocycles. The van der Waals surface area contributed by atoms with Crippen LogP contribution in [0.25, 0.3) is 33.7 Å². The van der Waals surface area contributed by atoms with E-state index < -0.39 is 5.97 Å². The fraction of sp³-hybridized carbons (Fsp3) is 0.231. The fourth-order valence-electron chi connectivity index (χ4n) is 4.26. The predicted molar refractivity (Wildman–Crippen MR) is 126 cm³/mol. The lowest BCUT2D eigenvalue weighted by Gasteiger charge is -2.08. The summed E-state index contributed by atoms with van der Waals surface area (Å²) in [4.78, 5) is 26.7. The highest BCUT2D eigenvalue weighted by atomic mass is 16.5. The molecular formula is C26H24N4O3. The normalized spacial score (nSPS) is 11.4. The summed E-state index contributed by atoms with van der Waals surface area (Å²) in [6.45, 7) is 6.73. The van der Waals surface area contributed by atoms with Crippen molar-refractivity contribution in [3.05, 3.63) is 76.7 Å². The summed E-state index contributed by atoms with van der Waals surface area (Å²) in [6.07, 6.45) is 0.793. The first-order valence-electron chi connectivity index (χ1n) is 10.9. The van der Waals surface area contributed by atoms with Crippen molar-refractivity contribution in [2.75, 3.05) is 7.11 Å². The number of aryl methyl sites for hydroxylation is 3. The molecule has 5 aromatic rings. The SMILES string of the molecule is CCc1nc2c(C)cc(C)nc2n1Cc1cccc2oc(-c3ccccc3C(=O)OC)nc12. The number of carbonyl (C=O) groups is 1. The Morgan fingerprint density at radius 1 is 1.03 bits per heavy atom. The van der Waals surface area contributed by atoms with Crippen LogP contribution in [0.1, 0.15) is 39.9 Å². The second kappa shape index (κ2) is 8.16. The molecule has 33 heavy (non-hydrogen) atoms. The molecule has 0 radical (unpaired) electrons. The highest BCUT2D eigenvalue weighted by Crippen LogP contribution is 2.30. The average molecular weight is 441 g/mol. The molecule has 3 aromatic heterocycles. The average Bonchev–Trinajstić information content (AvgIpc) is 3.41. The number of para-hydroxylation sites is 1. The second-order valence-electron chi connectivity index (χ2n) is 8.04. The second-order valence-corrected chi connectivity index (χ2v) is 8.04. The molecule has 0 saturated carbocycles. The van der Waals surface area contributed by atoms with Crippen LogP contribution in [0.4, 0.5) is 0 Å². The molecule has 0 amide bonds. The van der Waals surface area contributed by atoms with Crippen LogP contribution in [0.15, 0.2) is 52.9 Å². The number of rotatable bonds is 5. The van der Waals surface area contributed by atoms with Crippen LogP contribution in [0.3, 0.4) is 0 Å². The number of hydrogen-bond acceptors (Lipinski definition) is 6. The minimum absolute atomic E-state index is 0.384. The van der Waals surface area contributed by atoms with E-state index in [9.17, 15) is 4.79 Å². The molecule has 0 aliphatic rings. The number of benzene rings is 2. The van der Waals surface area contributed by atoms with Gasteiger partial charge in [-0.05, 0) is 43.7 Å². The Kier molecular flexibility index (Phi) is 5.17. The highest BCUT2D eigenvalue weighted by molar-refractivity contribution is 5.96. The lowest BCUT2D eigenvalue weighted by atomic mass is 10.1. The third kappa shape index (κ3) is 3.55. The van der Waals surface area contributed by atoms with Gasteiger partial charge in [-0.2, -0.15) is 0 Å². The minimum Gasteiger partial charge on any atom is -0.465 e. The van der Waals surface area contributed by atoms with Crippen molar-refractivity contribution in [2.45, 2.75) is 33.7 Å². The van der Waals surface area contributed by atoms with Crippen molar-refractivity contribution < 1.29 is 13.9 Å². The summed E-state index contributed by atoms with van der Waals surface area (Å²) in [5.41, 5.74) is 7.30. The number of oxazole rings is 1. The van der Waals surface area contributed by atoms with Crippen molar-refractivity contribution >= 4 is 28.2 Å². The number of ether oxygens (including phenoxy) is 1. The first-order chi connectivity index (χ1) is 16.0. The Labute approximate surface area is 191 Å². The van der Waals surface area contributed by atoms with Crippen molar-refractivity contribution in [1.82, 2.24) is 19.5 Å². The zero-order valence-corrected chi connectivity index (χ0v) is 19.0. The molecule has 0 aliphatic carbocycles. The number of fused-ring (bicyclic) bond motifs is 2. The van der Waals surface area contributed by atoms with E-state index in [-0.39, 0.29) is 0 Å². The lowest BCUT2D eigenvalue weighted by molar-refractivity contribution is 0.0601. The molecule has 0 N–H and O–H groups in total. The summed E-state index contributed by atoms with van der Waals surface area (Å²) in [5, 5.41) is 0. The van der Waals surface area contributed by atoms with Gasteiger partial charge in [-0.15, -0.1) is 0 Å². The van der Waals surface area contributed by atoms with Crippen molar-refractivity contribution in [3.63, 3.8) is 0 Å². The number of imidazole rings is 1. The smallest absolute Gasteiger partial charge is 0.338 e. The van der Waals surface area contributed by atoms with E-state index in [4.69, 9.17) is 24.1 Å². The minimum atomic E-state index is -0.428. The van der Waals surface area contributed by atoms with E-state index in [0.29, 0.717) is 29.1 Å². The Hall–Kier alpha value is -4.00. The Morgan fingerprint density at radius 3 is 2.64 bits per heavy atom. The fourth-order valence-corrected chi connectivity index (χ4v) is 4.26. The quantitative estimate of drug-likeness (QED) is 0.347. The van der Waals surface area contributed by atoms with Gasteiger partial charge in [0.05, 0.1) is 24.8 Å². The van der Waals surface area contributed by atoms with Gasteiger partial charge in [-0.3, -0.25) is 0 Å². The van der Waals surface area contributed by atoms with E-state index in [1.807, 2.05) is 37.3 Å². The maximum Gasteiger partial charge on any atom is 0.338 e. The molecule has 2 aromatic carbocycles. The first-order valence-corrected chi connectivity index (χ1v) is 10.9. The number of methoxy groups -OCH3 is 1. The lowest BCUT2D eigenvalue weighted by Crippen LogP contribution is -2.06. The maximum atomic E-state index is 12.2. The van der Waals surface area contributed by atoms with Crippen LogP contribution in [0.5, 0.6) is 0 Å². The predicted octanol–water partition coefficient (Wildman–Crippen LogP) is 5.25. The molecule has 0 saturated heterocycles. The molecule has 3 heterocycles. The van der Waals surface area contributed by atoms with Crippen molar-refractivity contribution in [1.29, 1.82) is 0 Å². The van der Waals surface area contributed by atoms with Gasteiger partial charge in [0, 0.05) is 17.7 Å². The van der Waals surface area contributed by atoms with Gasteiger partial charge in [0.25, 0.3) is 0 Å². The van der Waals surface area contributed by atoms with Crippen LogP contribution in [0.2, 0.25) is 0 Å². The van der Waals surface area contributed by atoms with Crippen LogP contribution in [-0.4, -0.2) is 32.6 Å². The molecule has 0 spiro atoms. The van der Waals surface area contributed by atoms with Crippen LogP contribution in [0, 0.1) is 13.8 Å². The molecular weight excluding hydrogens is 416 g/mol. The Balaban J connectivity index is 1.64. The Morgan fingerprint density at radius 2 is 1.85 bits per heavy atom. The maximum absolute atomic E-state index is 12.2. The third-order valence-corrected chi connectivity index (χ3v) is 5.81. The number of hydrogen-bond donors (Lipinski definition) is 0. The molecule has 166 valence electrons. The van der Waals surface area contributed by atoms with Crippen LogP contribution >= 0.6 is 0 Å². The van der Waals surface area contributed by atoms with E-state index in [0.717, 1.165) is 45.7 Å². The number of carbonyl (C=O) groups excluding carboxylic acids is 1. The molecule has 7 nitrogen and oxygen atoms in total. The van der Waals surface area contributed by atoms with Crippen molar-refractivity contribution in [2.24, 2.45) is 0 Å². The molecule has 5 rings (SSSR count). The summed E-state index contributed by atoms with van der Waals surface area (Å²) in [6, 6.07) is 15.1. The van der Waals surface area contributed by atoms with Gasteiger partial charge in [0.15, 0.2) is 11.2 Å². The summed E-state index contributed by atoms with van der Waals surface area (Å²) in [7, 11) is 1.36. The molecule has 0 atom stereocenters. The van der Waals surface area contributed by atoms with Crippen LogP contribution in [-0.2, 0) is 17.7 Å². The topological polar surface area (TPSA) is 83.0 Å². The van der Waals surface area contributed by atoms with E-state index in [1.54, 1.807) is 12.1 Å².